The maximum Gasteiger partial charge on any atom is 0.258 e. The Hall–Kier alpha value is -3.26. The van der Waals surface area contributed by atoms with E-state index in [9.17, 15) is 4.79 Å². The van der Waals surface area contributed by atoms with E-state index in [0.29, 0.717) is 35.3 Å². The number of nitrogens with zero attached hydrogens (tertiary/aromatic N) is 1. The van der Waals surface area contributed by atoms with E-state index in [1.54, 1.807) is 25.3 Å². The summed E-state index contributed by atoms with van der Waals surface area (Å²) in [7, 11) is 1.60. The highest BCUT2D eigenvalue weighted by Gasteiger charge is 2.19. The van der Waals surface area contributed by atoms with Gasteiger partial charge in [-0.2, -0.15) is 0 Å². The molecule has 1 fully saturated rings. The Kier molecular flexibility index (Phi) is 6.04. The summed E-state index contributed by atoms with van der Waals surface area (Å²) in [4.78, 5) is 17.5. The van der Waals surface area contributed by atoms with E-state index in [2.05, 4.69) is 15.6 Å². The number of amides is 1. The van der Waals surface area contributed by atoms with E-state index >= 15 is 0 Å². The van der Waals surface area contributed by atoms with Crippen LogP contribution < -0.4 is 24.8 Å². The number of rotatable bonds is 5. The lowest BCUT2D eigenvalue weighted by atomic mass is 10.2. The largest absolute Gasteiger partial charge is 0.495 e. The van der Waals surface area contributed by atoms with Gasteiger partial charge in [0.05, 0.1) is 25.4 Å². The van der Waals surface area contributed by atoms with Crippen LogP contribution in [0.15, 0.2) is 41.4 Å². The second-order valence-corrected chi connectivity index (χ2v) is 7.18. The highest BCUT2D eigenvalue weighted by Crippen LogP contribution is 2.32. The molecule has 0 saturated carbocycles. The summed E-state index contributed by atoms with van der Waals surface area (Å²) in [5.74, 6) is 1.86. The molecule has 0 radical (unpaired) electrons. The van der Waals surface area contributed by atoms with Crippen molar-refractivity contribution in [3.05, 3.63) is 47.5 Å². The van der Waals surface area contributed by atoms with Crippen LogP contribution in [-0.4, -0.2) is 45.0 Å². The number of fused-ring (bicyclic) bond motifs is 1. The molecule has 1 unspecified atom stereocenters. The predicted octanol–water partition coefficient (Wildman–Crippen LogP) is 3.11. The molecule has 1 atom stereocenters. The Bertz CT molecular complexity index is 954. The van der Waals surface area contributed by atoms with Gasteiger partial charge in [0, 0.05) is 12.2 Å². The van der Waals surface area contributed by atoms with E-state index in [1.807, 2.05) is 25.1 Å². The SMILES string of the molecule is COc1ccc(C)cc1NC(=NCC1CCCO1)NC(=O)c1ccc2c(c1)OCO2. The van der Waals surface area contributed by atoms with Crippen LogP contribution in [0.2, 0.25) is 0 Å². The van der Waals surface area contributed by atoms with Crippen molar-refractivity contribution in [2.45, 2.75) is 25.9 Å². The van der Waals surface area contributed by atoms with Crippen LogP contribution in [0.25, 0.3) is 0 Å². The molecule has 2 aromatic rings. The van der Waals surface area contributed by atoms with Gasteiger partial charge in [-0.15, -0.1) is 0 Å². The minimum atomic E-state index is -0.307. The van der Waals surface area contributed by atoms with Gasteiger partial charge >= 0.3 is 0 Å². The third-order valence-electron chi connectivity index (χ3n) is 4.95. The Morgan fingerprint density at radius 3 is 2.87 bits per heavy atom. The van der Waals surface area contributed by atoms with Crippen molar-refractivity contribution in [1.82, 2.24) is 5.32 Å². The van der Waals surface area contributed by atoms with Crippen molar-refractivity contribution in [3.63, 3.8) is 0 Å². The van der Waals surface area contributed by atoms with Gasteiger partial charge in [-0.1, -0.05) is 6.07 Å². The molecule has 30 heavy (non-hydrogen) atoms. The number of guanidine groups is 1. The lowest BCUT2D eigenvalue weighted by Crippen LogP contribution is -2.37. The minimum Gasteiger partial charge on any atom is -0.495 e. The second kappa shape index (κ2) is 9.04. The Morgan fingerprint density at radius 2 is 2.07 bits per heavy atom. The molecular weight excluding hydrogens is 386 g/mol. The summed E-state index contributed by atoms with van der Waals surface area (Å²) in [6.45, 7) is 3.35. The Morgan fingerprint density at radius 1 is 1.20 bits per heavy atom. The first-order valence-corrected chi connectivity index (χ1v) is 9.91. The summed E-state index contributed by atoms with van der Waals surface area (Å²) in [5.41, 5.74) is 2.22. The van der Waals surface area contributed by atoms with Crippen LogP contribution in [-0.2, 0) is 4.74 Å². The first kappa shape index (κ1) is 20.0. The first-order valence-electron chi connectivity index (χ1n) is 9.91. The fourth-order valence-corrected chi connectivity index (χ4v) is 3.36. The maximum absolute atomic E-state index is 12.9. The van der Waals surface area contributed by atoms with E-state index in [4.69, 9.17) is 18.9 Å². The number of ether oxygens (including phenoxy) is 4. The molecule has 0 spiro atoms. The summed E-state index contributed by atoms with van der Waals surface area (Å²) in [6, 6.07) is 10.8. The number of nitrogens with one attached hydrogen (secondary N) is 2. The number of methoxy groups -OCH3 is 1. The Balaban J connectivity index is 1.54. The molecule has 8 heteroatoms. The molecule has 2 aliphatic rings. The average Bonchev–Trinajstić information content (AvgIpc) is 3.43. The third-order valence-corrected chi connectivity index (χ3v) is 4.95. The molecule has 0 bridgehead atoms. The van der Waals surface area contributed by atoms with Crippen LogP contribution in [0, 0.1) is 6.92 Å². The number of aliphatic imine (C=N–C) groups is 1. The lowest BCUT2D eigenvalue weighted by Gasteiger charge is -2.16. The summed E-state index contributed by atoms with van der Waals surface area (Å²) < 4.78 is 21.8. The summed E-state index contributed by atoms with van der Waals surface area (Å²) in [5, 5.41) is 6.06. The van der Waals surface area contributed by atoms with Crippen molar-refractivity contribution in [1.29, 1.82) is 0 Å². The van der Waals surface area contributed by atoms with E-state index in [1.165, 1.54) is 0 Å². The number of hydrogen-bond acceptors (Lipinski definition) is 6. The first-order chi connectivity index (χ1) is 14.6. The molecule has 8 nitrogen and oxygen atoms in total. The highest BCUT2D eigenvalue weighted by molar-refractivity contribution is 6.10. The molecule has 2 N–H and O–H groups in total. The van der Waals surface area contributed by atoms with E-state index in [0.717, 1.165) is 30.7 Å². The van der Waals surface area contributed by atoms with Crippen molar-refractivity contribution in [2.75, 3.05) is 32.4 Å². The lowest BCUT2D eigenvalue weighted by molar-refractivity contribution is 0.0975. The highest BCUT2D eigenvalue weighted by atomic mass is 16.7. The molecule has 0 aliphatic carbocycles. The van der Waals surface area contributed by atoms with E-state index < -0.39 is 0 Å². The van der Waals surface area contributed by atoms with Gasteiger partial charge in [0.25, 0.3) is 5.91 Å². The average molecular weight is 411 g/mol. The molecule has 0 aromatic heterocycles. The third kappa shape index (κ3) is 4.65. The zero-order chi connectivity index (χ0) is 20.9. The smallest absolute Gasteiger partial charge is 0.258 e. The van der Waals surface area contributed by atoms with Crippen LogP contribution in [0.4, 0.5) is 5.69 Å². The number of carbonyl (C=O) groups excluding carboxylic acids is 1. The fourth-order valence-electron chi connectivity index (χ4n) is 3.36. The fraction of sp³-hybridized carbons (Fsp3) is 0.364. The molecule has 1 amide bonds. The zero-order valence-corrected chi connectivity index (χ0v) is 17.1. The van der Waals surface area contributed by atoms with Gasteiger partial charge in [-0.05, 0) is 55.7 Å². The molecule has 2 aliphatic heterocycles. The molecule has 1 saturated heterocycles. The summed E-state index contributed by atoms with van der Waals surface area (Å²) >= 11 is 0. The van der Waals surface area contributed by atoms with Crippen molar-refractivity contribution in [2.24, 2.45) is 4.99 Å². The number of anilines is 1. The van der Waals surface area contributed by atoms with E-state index in [-0.39, 0.29) is 18.8 Å². The van der Waals surface area contributed by atoms with Gasteiger partial charge in [0.2, 0.25) is 12.8 Å². The normalized spacial score (nSPS) is 17.7. The molecule has 2 heterocycles. The molecule has 158 valence electrons. The predicted molar refractivity (Wildman–Crippen MR) is 113 cm³/mol. The zero-order valence-electron chi connectivity index (χ0n) is 17.1. The van der Waals surface area contributed by atoms with Crippen molar-refractivity contribution < 1.29 is 23.7 Å². The monoisotopic (exact) mass is 411 g/mol. The van der Waals surface area contributed by atoms with Crippen LogP contribution >= 0.6 is 0 Å². The van der Waals surface area contributed by atoms with Gasteiger partial charge in [-0.25, -0.2) is 4.99 Å². The molecule has 2 aromatic carbocycles. The maximum atomic E-state index is 12.9. The van der Waals surface area contributed by atoms with Crippen molar-refractivity contribution >= 4 is 17.6 Å². The van der Waals surface area contributed by atoms with Gasteiger partial charge in [-0.3, -0.25) is 10.1 Å². The summed E-state index contributed by atoms with van der Waals surface area (Å²) in [6.07, 6.45) is 2.04. The van der Waals surface area contributed by atoms with Crippen LogP contribution in [0.1, 0.15) is 28.8 Å². The van der Waals surface area contributed by atoms with Gasteiger partial charge in [0.1, 0.15) is 5.75 Å². The number of hydrogen-bond donors (Lipinski definition) is 2. The standard InChI is InChI=1S/C22H25N3O5/c1-14-5-7-18(27-2)17(10-14)24-22(23-12-16-4-3-9-28-16)25-21(26)15-6-8-19-20(11-15)30-13-29-19/h5-8,10-11,16H,3-4,9,12-13H2,1-2H3,(H2,23,24,25,26). The quantitative estimate of drug-likeness (QED) is 0.580. The van der Waals surface area contributed by atoms with Crippen molar-refractivity contribution in [3.8, 4) is 17.2 Å². The number of benzene rings is 2. The topological polar surface area (TPSA) is 90.4 Å². The Labute approximate surface area is 175 Å². The molecular formula is C22H25N3O5. The second-order valence-electron chi connectivity index (χ2n) is 7.18. The van der Waals surface area contributed by atoms with Crippen LogP contribution in [0.5, 0.6) is 17.2 Å². The molecule has 4 rings (SSSR count). The number of carbonyl (C=O) groups is 1. The minimum absolute atomic E-state index is 0.0589. The van der Waals surface area contributed by atoms with Gasteiger partial charge in [0.15, 0.2) is 11.5 Å². The van der Waals surface area contributed by atoms with Gasteiger partial charge < -0.3 is 24.3 Å². The number of aryl methyl sites for hydroxylation is 1. The van der Waals surface area contributed by atoms with Crippen LogP contribution in [0.3, 0.4) is 0 Å².